The number of amides is 1. The summed E-state index contributed by atoms with van der Waals surface area (Å²) in [5, 5.41) is 12.9. The molecule has 1 atom stereocenters. The van der Waals surface area contributed by atoms with E-state index in [9.17, 15) is 36.3 Å². The van der Waals surface area contributed by atoms with Gasteiger partial charge in [-0.3, -0.25) is 9.59 Å². The number of halogens is 3. The Bertz CT molecular complexity index is 1050. The second-order valence-electron chi connectivity index (χ2n) is 6.07. The maximum absolute atomic E-state index is 12.9. The molecule has 1 aliphatic heterocycles. The van der Waals surface area contributed by atoms with E-state index in [1.54, 1.807) is 0 Å². The van der Waals surface area contributed by atoms with Crippen LogP contribution in [0.5, 0.6) is 0 Å². The topological polar surface area (TPSA) is 101 Å². The van der Waals surface area contributed by atoms with E-state index in [4.69, 9.17) is 0 Å². The first-order valence-electron chi connectivity index (χ1n) is 7.43. The zero-order valence-corrected chi connectivity index (χ0v) is 15.3. The Labute approximate surface area is 155 Å². The smallest absolute Gasteiger partial charge is 0.373 e. The third kappa shape index (κ3) is 3.15. The second-order valence-corrected chi connectivity index (χ2v) is 8.94. The van der Waals surface area contributed by atoms with E-state index in [1.165, 1.54) is 17.5 Å². The highest BCUT2D eigenvalue weighted by molar-refractivity contribution is 7.90. The predicted molar refractivity (Wildman–Crippen MR) is 90.4 cm³/mol. The summed E-state index contributed by atoms with van der Waals surface area (Å²) in [5.41, 5.74) is -4.29. The molecule has 0 fully saturated rings. The van der Waals surface area contributed by atoms with Gasteiger partial charge in [0.25, 0.3) is 5.91 Å². The molecule has 0 saturated carbocycles. The molecule has 6 nitrogen and oxygen atoms in total. The number of carbonyl (C=O) groups is 2. The standard InChI is InChI=1S/C16H12F3NO5S2/c1-15(23,16(17,18)19)14(22)20-9-3-2-4-10-11(9)12(21)13-8(5-6-26-13)7-27(10,24)25/h2-6,23H,7H2,1H3,(H,20,22)/t15-/m1/s1. The molecule has 27 heavy (non-hydrogen) atoms. The second kappa shape index (κ2) is 6.14. The molecule has 0 spiro atoms. The van der Waals surface area contributed by atoms with Crippen LogP contribution in [-0.4, -0.2) is 37.0 Å². The SMILES string of the molecule is C[C@@](O)(C(=O)Nc1cccc2c1C(=O)c1sccc1CS2(=O)=O)C(F)(F)F. The van der Waals surface area contributed by atoms with E-state index >= 15 is 0 Å². The van der Waals surface area contributed by atoms with Gasteiger partial charge in [0, 0.05) is 0 Å². The van der Waals surface area contributed by atoms with Gasteiger partial charge in [-0.15, -0.1) is 11.3 Å². The van der Waals surface area contributed by atoms with Gasteiger partial charge in [-0.2, -0.15) is 13.2 Å². The van der Waals surface area contributed by atoms with Crippen molar-refractivity contribution in [1.82, 2.24) is 0 Å². The van der Waals surface area contributed by atoms with Crippen LogP contribution in [0.2, 0.25) is 0 Å². The number of sulfone groups is 1. The molecule has 1 amide bonds. The average Bonchev–Trinajstić information content (AvgIpc) is 2.97. The van der Waals surface area contributed by atoms with E-state index in [0.717, 1.165) is 23.5 Å². The highest BCUT2D eigenvalue weighted by Gasteiger charge is 2.56. The molecule has 0 aliphatic carbocycles. The zero-order valence-electron chi connectivity index (χ0n) is 13.6. The minimum atomic E-state index is -5.26. The van der Waals surface area contributed by atoms with Crippen LogP contribution in [0.15, 0.2) is 34.5 Å². The lowest BCUT2D eigenvalue weighted by molar-refractivity contribution is -0.242. The first-order valence-corrected chi connectivity index (χ1v) is 9.97. The highest BCUT2D eigenvalue weighted by Crippen LogP contribution is 2.37. The van der Waals surface area contributed by atoms with E-state index in [-0.39, 0.29) is 22.3 Å². The van der Waals surface area contributed by atoms with E-state index in [2.05, 4.69) is 0 Å². The van der Waals surface area contributed by atoms with Crippen molar-refractivity contribution in [3.63, 3.8) is 0 Å². The number of carbonyl (C=O) groups excluding carboxylic acids is 2. The Morgan fingerprint density at radius 1 is 1.26 bits per heavy atom. The van der Waals surface area contributed by atoms with Crippen LogP contribution in [0.3, 0.4) is 0 Å². The summed E-state index contributed by atoms with van der Waals surface area (Å²) >= 11 is 0.992. The molecule has 1 aliphatic rings. The first kappa shape index (κ1) is 19.5. The number of fused-ring (bicyclic) bond motifs is 2. The first-order chi connectivity index (χ1) is 12.4. The lowest BCUT2D eigenvalue weighted by Crippen LogP contribution is -2.52. The van der Waals surface area contributed by atoms with Crippen LogP contribution in [0.25, 0.3) is 0 Å². The minimum Gasteiger partial charge on any atom is -0.373 e. The molecule has 2 heterocycles. The number of alkyl halides is 3. The summed E-state index contributed by atoms with van der Waals surface area (Å²) in [4.78, 5) is 24.6. The van der Waals surface area contributed by atoms with E-state index < -0.39 is 50.3 Å². The molecular formula is C16H12F3NO5S2. The van der Waals surface area contributed by atoms with Crippen LogP contribution < -0.4 is 5.32 Å². The summed E-state index contributed by atoms with van der Waals surface area (Å²) in [7, 11) is -3.97. The van der Waals surface area contributed by atoms with Crippen molar-refractivity contribution < 1.29 is 36.3 Å². The fourth-order valence-electron chi connectivity index (χ4n) is 2.55. The van der Waals surface area contributed by atoms with Crippen molar-refractivity contribution in [2.24, 2.45) is 0 Å². The number of ketones is 1. The van der Waals surface area contributed by atoms with Gasteiger partial charge in [-0.05, 0) is 36.1 Å². The van der Waals surface area contributed by atoms with Crippen molar-refractivity contribution in [2.45, 2.75) is 29.3 Å². The number of thiophene rings is 1. The number of aliphatic hydroxyl groups is 1. The third-order valence-corrected chi connectivity index (χ3v) is 6.79. The number of hydrogen-bond donors (Lipinski definition) is 2. The fourth-order valence-corrected chi connectivity index (χ4v) is 5.11. The van der Waals surface area contributed by atoms with E-state index in [1.807, 2.05) is 5.32 Å². The van der Waals surface area contributed by atoms with Crippen LogP contribution in [0.4, 0.5) is 18.9 Å². The maximum Gasteiger partial charge on any atom is 0.426 e. The molecule has 144 valence electrons. The Balaban J connectivity index is 2.15. The van der Waals surface area contributed by atoms with Crippen LogP contribution in [-0.2, 0) is 20.4 Å². The minimum absolute atomic E-state index is 0.126. The molecule has 0 saturated heterocycles. The van der Waals surface area contributed by atoms with Crippen molar-refractivity contribution in [2.75, 3.05) is 5.32 Å². The van der Waals surface area contributed by atoms with Crippen LogP contribution in [0, 0.1) is 0 Å². The molecule has 0 unspecified atom stereocenters. The maximum atomic E-state index is 12.9. The van der Waals surface area contributed by atoms with Crippen molar-refractivity contribution in [1.29, 1.82) is 0 Å². The summed E-state index contributed by atoms with van der Waals surface area (Å²) in [6.07, 6.45) is -5.26. The lowest BCUT2D eigenvalue weighted by atomic mass is 10.0. The van der Waals surface area contributed by atoms with Gasteiger partial charge in [0.15, 0.2) is 9.84 Å². The Hall–Kier alpha value is -2.24. The molecule has 2 aromatic rings. The summed E-state index contributed by atoms with van der Waals surface area (Å²) in [6.45, 7) is 0.264. The number of hydrogen-bond acceptors (Lipinski definition) is 6. The predicted octanol–water partition coefficient (Wildman–Crippen LogP) is 2.52. The van der Waals surface area contributed by atoms with Gasteiger partial charge in [-0.25, -0.2) is 8.42 Å². The molecular weight excluding hydrogens is 407 g/mol. The van der Waals surface area contributed by atoms with Crippen LogP contribution in [0.1, 0.15) is 27.7 Å². The van der Waals surface area contributed by atoms with Gasteiger partial charge < -0.3 is 10.4 Å². The number of nitrogens with one attached hydrogen (secondary N) is 1. The molecule has 1 aromatic heterocycles. The largest absolute Gasteiger partial charge is 0.426 e. The number of rotatable bonds is 2. The fraction of sp³-hybridized carbons (Fsp3) is 0.250. The monoisotopic (exact) mass is 419 g/mol. The summed E-state index contributed by atoms with van der Waals surface area (Å²) in [6, 6.07) is 4.93. The molecule has 3 rings (SSSR count). The van der Waals surface area contributed by atoms with E-state index in [0.29, 0.717) is 0 Å². The lowest BCUT2D eigenvalue weighted by Gasteiger charge is -2.25. The quantitative estimate of drug-likeness (QED) is 0.779. The zero-order chi connectivity index (χ0) is 20.2. The van der Waals surface area contributed by atoms with Gasteiger partial charge in [-0.1, -0.05) is 6.07 Å². The van der Waals surface area contributed by atoms with Crippen molar-refractivity contribution in [3.8, 4) is 0 Å². The van der Waals surface area contributed by atoms with Crippen molar-refractivity contribution >= 4 is 38.6 Å². The van der Waals surface area contributed by atoms with Crippen LogP contribution >= 0.6 is 11.3 Å². The van der Waals surface area contributed by atoms with Gasteiger partial charge >= 0.3 is 6.18 Å². The highest BCUT2D eigenvalue weighted by atomic mass is 32.2. The van der Waals surface area contributed by atoms with Crippen molar-refractivity contribution in [3.05, 3.63) is 45.6 Å². The molecule has 0 bridgehead atoms. The van der Waals surface area contributed by atoms with Gasteiger partial charge in [0.2, 0.25) is 11.4 Å². The normalized spacial score (nSPS) is 18.0. The average molecular weight is 419 g/mol. The molecule has 2 N–H and O–H groups in total. The summed E-state index contributed by atoms with van der Waals surface area (Å²) in [5.74, 6) is -3.00. The number of anilines is 1. The van der Waals surface area contributed by atoms with Gasteiger partial charge in [0.05, 0.1) is 26.8 Å². The third-order valence-electron chi connectivity index (χ3n) is 4.13. The Kier molecular flexibility index (Phi) is 4.44. The molecule has 1 aromatic carbocycles. The molecule has 11 heteroatoms. The molecule has 0 radical (unpaired) electrons. The Morgan fingerprint density at radius 2 is 1.93 bits per heavy atom. The number of benzene rings is 1. The Morgan fingerprint density at radius 3 is 2.56 bits per heavy atom. The van der Waals surface area contributed by atoms with Gasteiger partial charge in [0.1, 0.15) is 0 Å². The summed E-state index contributed by atoms with van der Waals surface area (Å²) < 4.78 is 63.8.